The summed E-state index contributed by atoms with van der Waals surface area (Å²) in [5.74, 6) is 1.53. The van der Waals surface area contributed by atoms with Crippen molar-refractivity contribution < 1.29 is 0 Å². The summed E-state index contributed by atoms with van der Waals surface area (Å²) < 4.78 is 0. The van der Waals surface area contributed by atoms with E-state index in [2.05, 4.69) is 45.9 Å². The van der Waals surface area contributed by atoms with E-state index in [1.165, 1.54) is 29.5 Å². The maximum absolute atomic E-state index is 6.78. The van der Waals surface area contributed by atoms with Crippen molar-refractivity contribution >= 4 is 0 Å². The molecule has 2 unspecified atom stereocenters. The molecular weight excluding hydrogens is 218 g/mol. The number of hydrogen-bond acceptors (Lipinski definition) is 1. The molecule has 0 radical (unpaired) electrons. The Morgan fingerprint density at radius 2 is 2.00 bits per heavy atom. The van der Waals surface area contributed by atoms with Gasteiger partial charge in [0.25, 0.3) is 0 Å². The van der Waals surface area contributed by atoms with Crippen LogP contribution in [-0.4, -0.2) is 0 Å². The van der Waals surface area contributed by atoms with E-state index in [9.17, 15) is 0 Å². The van der Waals surface area contributed by atoms with Gasteiger partial charge in [-0.3, -0.25) is 0 Å². The average molecular weight is 245 g/mol. The predicted octanol–water partition coefficient (Wildman–Crippen LogP) is 4.30. The number of benzene rings is 1. The van der Waals surface area contributed by atoms with Gasteiger partial charge in [-0.05, 0) is 49.7 Å². The van der Waals surface area contributed by atoms with E-state index in [1.54, 1.807) is 0 Å². The average Bonchev–Trinajstić information content (AvgIpc) is 2.32. The predicted molar refractivity (Wildman–Crippen MR) is 78.6 cm³/mol. The van der Waals surface area contributed by atoms with Crippen LogP contribution in [0.2, 0.25) is 0 Å². The van der Waals surface area contributed by atoms with Gasteiger partial charge in [0.1, 0.15) is 0 Å². The highest BCUT2D eigenvalue weighted by Crippen LogP contribution is 2.41. The van der Waals surface area contributed by atoms with Crippen LogP contribution in [0.3, 0.4) is 0 Å². The van der Waals surface area contributed by atoms with Gasteiger partial charge >= 0.3 is 0 Å². The minimum Gasteiger partial charge on any atom is -0.321 e. The standard InChI is InChI=1S/C17H27N/c1-12(2)15-6-5-9-17(18,11-15)16-10-13(3)7-8-14(16)4/h7-8,10,12,15H,5-6,9,11,18H2,1-4H3. The zero-order valence-corrected chi connectivity index (χ0v) is 12.3. The van der Waals surface area contributed by atoms with Crippen LogP contribution in [0.1, 0.15) is 56.2 Å². The summed E-state index contributed by atoms with van der Waals surface area (Å²) >= 11 is 0. The summed E-state index contributed by atoms with van der Waals surface area (Å²) in [6.45, 7) is 9.02. The number of hydrogen-bond donors (Lipinski definition) is 1. The minimum atomic E-state index is -0.0940. The second-order valence-corrected chi connectivity index (χ2v) is 6.57. The quantitative estimate of drug-likeness (QED) is 0.826. The molecule has 0 spiro atoms. The highest BCUT2D eigenvalue weighted by molar-refractivity contribution is 5.36. The molecular formula is C17H27N. The van der Waals surface area contributed by atoms with Gasteiger partial charge in [0, 0.05) is 5.54 Å². The van der Waals surface area contributed by atoms with Crippen molar-refractivity contribution in [1.29, 1.82) is 0 Å². The van der Waals surface area contributed by atoms with Gasteiger partial charge in [-0.15, -0.1) is 0 Å². The number of nitrogens with two attached hydrogens (primary N) is 1. The topological polar surface area (TPSA) is 26.0 Å². The Kier molecular flexibility index (Phi) is 3.82. The van der Waals surface area contributed by atoms with Crippen molar-refractivity contribution in [1.82, 2.24) is 0 Å². The van der Waals surface area contributed by atoms with E-state index in [4.69, 9.17) is 5.73 Å². The lowest BCUT2D eigenvalue weighted by Crippen LogP contribution is -2.43. The summed E-state index contributed by atoms with van der Waals surface area (Å²) in [7, 11) is 0. The van der Waals surface area contributed by atoms with Gasteiger partial charge in [0.05, 0.1) is 0 Å². The Morgan fingerprint density at radius 3 is 2.67 bits per heavy atom. The molecule has 0 aliphatic heterocycles. The molecule has 1 saturated carbocycles. The van der Waals surface area contributed by atoms with E-state index in [0.29, 0.717) is 0 Å². The second-order valence-electron chi connectivity index (χ2n) is 6.57. The summed E-state index contributed by atoms with van der Waals surface area (Å²) in [5, 5.41) is 0. The van der Waals surface area contributed by atoms with Crippen molar-refractivity contribution in [2.45, 2.75) is 58.9 Å². The molecule has 1 heteroatoms. The monoisotopic (exact) mass is 245 g/mol. The summed E-state index contributed by atoms with van der Waals surface area (Å²) in [4.78, 5) is 0. The number of rotatable bonds is 2. The molecule has 1 aliphatic rings. The van der Waals surface area contributed by atoms with Crippen molar-refractivity contribution in [2.75, 3.05) is 0 Å². The van der Waals surface area contributed by atoms with Crippen LogP contribution in [0.15, 0.2) is 18.2 Å². The first-order valence-corrected chi connectivity index (χ1v) is 7.29. The third kappa shape index (κ3) is 2.61. The molecule has 0 saturated heterocycles. The first-order valence-electron chi connectivity index (χ1n) is 7.29. The zero-order chi connectivity index (χ0) is 13.3. The summed E-state index contributed by atoms with van der Waals surface area (Å²) in [6.07, 6.45) is 4.91. The normalized spacial score (nSPS) is 28.7. The maximum Gasteiger partial charge on any atom is 0.0415 e. The van der Waals surface area contributed by atoms with Crippen LogP contribution in [0.25, 0.3) is 0 Å². The zero-order valence-electron chi connectivity index (χ0n) is 12.3. The van der Waals surface area contributed by atoms with Gasteiger partial charge in [-0.2, -0.15) is 0 Å². The third-order valence-corrected chi connectivity index (χ3v) is 4.70. The lowest BCUT2D eigenvalue weighted by atomic mass is 9.68. The Morgan fingerprint density at radius 1 is 1.28 bits per heavy atom. The molecule has 1 fully saturated rings. The van der Waals surface area contributed by atoms with E-state index in [0.717, 1.165) is 24.7 Å². The van der Waals surface area contributed by atoms with Crippen molar-refractivity contribution in [3.05, 3.63) is 34.9 Å². The minimum absolute atomic E-state index is 0.0940. The fourth-order valence-corrected chi connectivity index (χ4v) is 3.44. The summed E-state index contributed by atoms with van der Waals surface area (Å²) in [5.41, 5.74) is 10.7. The van der Waals surface area contributed by atoms with Gasteiger partial charge in [-0.25, -0.2) is 0 Å². The molecule has 0 amide bonds. The molecule has 1 aromatic rings. The first-order chi connectivity index (χ1) is 8.42. The van der Waals surface area contributed by atoms with E-state index < -0.39 is 0 Å². The van der Waals surface area contributed by atoms with Crippen LogP contribution in [0, 0.1) is 25.7 Å². The third-order valence-electron chi connectivity index (χ3n) is 4.70. The molecule has 1 aromatic carbocycles. The SMILES string of the molecule is Cc1ccc(C)c(C2(N)CCCC(C(C)C)C2)c1. The van der Waals surface area contributed by atoms with Gasteiger partial charge < -0.3 is 5.73 Å². The Balaban J connectivity index is 2.32. The Labute approximate surface area is 112 Å². The van der Waals surface area contributed by atoms with E-state index >= 15 is 0 Å². The highest BCUT2D eigenvalue weighted by Gasteiger charge is 2.36. The molecule has 0 bridgehead atoms. The molecule has 100 valence electrons. The number of aryl methyl sites for hydroxylation is 2. The molecule has 2 N–H and O–H groups in total. The van der Waals surface area contributed by atoms with Crippen molar-refractivity contribution in [3.63, 3.8) is 0 Å². The fraction of sp³-hybridized carbons (Fsp3) is 0.647. The lowest BCUT2D eigenvalue weighted by Gasteiger charge is -2.41. The summed E-state index contributed by atoms with van der Waals surface area (Å²) in [6, 6.07) is 6.71. The molecule has 18 heavy (non-hydrogen) atoms. The van der Waals surface area contributed by atoms with Crippen molar-refractivity contribution in [3.8, 4) is 0 Å². The van der Waals surface area contributed by atoms with E-state index in [1.807, 2.05) is 0 Å². The fourth-order valence-electron chi connectivity index (χ4n) is 3.44. The van der Waals surface area contributed by atoms with Crippen molar-refractivity contribution in [2.24, 2.45) is 17.6 Å². The van der Waals surface area contributed by atoms with Crippen LogP contribution in [0.5, 0.6) is 0 Å². The Hall–Kier alpha value is -0.820. The van der Waals surface area contributed by atoms with E-state index in [-0.39, 0.29) is 5.54 Å². The molecule has 1 aliphatic carbocycles. The Bertz CT molecular complexity index is 422. The second kappa shape index (κ2) is 5.05. The molecule has 1 nitrogen and oxygen atoms in total. The van der Waals surface area contributed by atoms with Crippen LogP contribution < -0.4 is 5.73 Å². The highest BCUT2D eigenvalue weighted by atomic mass is 14.8. The largest absolute Gasteiger partial charge is 0.321 e. The molecule has 2 rings (SSSR count). The smallest absolute Gasteiger partial charge is 0.0415 e. The molecule has 0 aromatic heterocycles. The van der Waals surface area contributed by atoms with Crippen LogP contribution in [-0.2, 0) is 5.54 Å². The van der Waals surface area contributed by atoms with Gasteiger partial charge in [-0.1, -0.05) is 50.5 Å². The van der Waals surface area contributed by atoms with Gasteiger partial charge in [0.2, 0.25) is 0 Å². The van der Waals surface area contributed by atoms with Crippen LogP contribution in [0.4, 0.5) is 0 Å². The lowest BCUT2D eigenvalue weighted by molar-refractivity contribution is 0.183. The molecule has 2 atom stereocenters. The van der Waals surface area contributed by atoms with Crippen LogP contribution >= 0.6 is 0 Å². The molecule has 0 heterocycles. The van der Waals surface area contributed by atoms with Gasteiger partial charge in [0.15, 0.2) is 0 Å². The maximum atomic E-state index is 6.78. The first kappa shape index (κ1) is 13.6.